The van der Waals surface area contributed by atoms with Crippen LogP contribution < -0.4 is 10.6 Å². The van der Waals surface area contributed by atoms with Crippen LogP contribution in [0.15, 0.2) is 24.3 Å². The van der Waals surface area contributed by atoms with Crippen LogP contribution in [0.1, 0.15) is 60.4 Å². The van der Waals surface area contributed by atoms with Crippen molar-refractivity contribution < 1.29 is 14.7 Å². The van der Waals surface area contributed by atoms with Crippen molar-refractivity contribution in [1.82, 2.24) is 10.6 Å². The smallest absolute Gasteiger partial charge is 0.306 e. The van der Waals surface area contributed by atoms with Gasteiger partial charge in [0, 0.05) is 11.6 Å². The molecule has 0 aromatic heterocycles. The predicted octanol–water partition coefficient (Wildman–Crippen LogP) is 2.95. The number of benzene rings is 1. The number of amides is 1. The van der Waals surface area contributed by atoms with Crippen LogP contribution in [-0.2, 0) is 4.79 Å². The van der Waals surface area contributed by atoms with E-state index in [-0.39, 0.29) is 30.3 Å². The summed E-state index contributed by atoms with van der Waals surface area (Å²) in [6.07, 6.45) is 5.09. The highest BCUT2D eigenvalue weighted by atomic mass is 35.5. The molecule has 0 spiro atoms. The van der Waals surface area contributed by atoms with Gasteiger partial charge in [-0.15, -0.1) is 12.4 Å². The normalized spacial score (nSPS) is 24.2. The van der Waals surface area contributed by atoms with E-state index in [0.717, 1.165) is 38.8 Å². The van der Waals surface area contributed by atoms with Crippen LogP contribution in [0.2, 0.25) is 0 Å². The van der Waals surface area contributed by atoms with E-state index in [1.807, 2.05) is 12.1 Å². The van der Waals surface area contributed by atoms with Crippen molar-refractivity contribution in [2.24, 2.45) is 5.92 Å². The second kappa shape index (κ2) is 9.20. The summed E-state index contributed by atoms with van der Waals surface area (Å²) in [5, 5.41) is 15.4. The maximum Gasteiger partial charge on any atom is 0.306 e. The molecule has 1 aromatic rings. The first-order chi connectivity index (χ1) is 11.6. The number of halogens is 1. The molecule has 1 aliphatic carbocycles. The largest absolute Gasteiger partial charge is 0.481 e. The topological polar surface area (TPSA) is 78.4 Å². The van der Waals surface area contributed by atoms with Gasteiger partial charge >= 0.3 is 5.97 Å². The minimum Gasteiger partial charge on any atom is -0.481 e. The Balaban J connectivity index is 0.00000225. The van der Waals surface area contributed by atoms with Gasteiger partial charge in [-0.2, -0.15) is 0 Å². The highest BCUT2D eigenvalue weighted by Crippen LogP contribution is 2.26. The Labute approximate surface area is 155 Å². The van der Waals surface area contributed by atoms with Crippen LogP contribution in [0, 0.1) is 5.92 Å². The average molecular weight is 367 g/mol. The quantitative estimate of drug-likeness (QED) is 0.765. The second-order valence-corrected chi connectivity index (χ2v) is 7.01. The SMILES string of the molecule is Cl.O=C(N[C@H]1CC[C@H](C(=O)O)CC1)c1ccc(C2CCNCC2)cc1. The van der Waals surface area contributed by atoms with Gasteiger partial charge < -0.3 is 15.7 Å². The van der Waals surface area contributed by atoms with E-state index in [4.69, 9.17) is 5.11 Å². The van der Waals surface area contributed by atoms with Gasteiger partial charge in [0.2, 0.25) is 0 Å². The van der Waals surface area contributed by atoms with Crippen LogP contribution in [-0.4, -0.2) is 36.1 Å². The fourth-order valence-corrected chi connectivity index (χ4v) is 3.82. The molecule has 5 nitrogen and oxygen atoms in total. The van der Waals surface area contributed by atoms with Crippen molar-refractivity contribution in [3.05, 3.63) is 35.4 Å². The summed E-state index contributed by atoms with van der Waals surface area (Å²) < 4.78 is 0. The highest BCUT2D eigenvalue weighted by molar-refractivity contribution is 5.94. The molecule has 2 aliphatic rings. The van der Waals surface area contributed by atoms with Gasteiger partial charge in [-0.1, -0.05) is 12.1 Å². The molecule has 1 saturated heterocycles. The van der Waals surface area contributed by atoms with Gasteiger partial charge in [0.25, 0.3) is 5.91 Å². The molecule has 1 heterocycles. The van der Waals surface area contributed by atoms with E-state index in [1.54, 1.807) is 0 Å². The number of hydrogen-bond donors (Lipinski definition) is 3. The van der Waals surface area contributed by atoms with Crippen LogP contribution in [0.3, 0.4) is 0 Å². The number of piperidine rings is 1. The minimum atomic E-state index is -0.715. The number of rotatable bonds is 4. The molecule has 1 aromatic carbocycles. The first-order valence-electron chi connectivity index (χ1n) is 8.98. The number of nitrogens with one attached hydrogen (secondary N) is 2. The lowest BCUT2D eigenvalue weighted by molar-refractivity contribution is -0.142. The van der Waals surface area contributed by atoms with Gasteiger partial charge in [0.15, 0.2) is 0 Å². The van der Waals surface area contributed by atoms with Crippen molar-refractivity contribution in [3.63, 3.8) is 0 Å². The summed E-state index contributed by atoms with van der Waals surface area (Å²) in [6.45, 7) is 2.12. The van der Waals surface area contributed by atoms with E-state index in [9.17, 15) is 9.59 Å². The first-order valence-corrected chi connectivity index (χ1v) is 8.98. The van der Waals surface area contributed by atoms with Gasteiger partial charge in [0.1, 0.15) is 0 Å². The number of carbonyl (C=O) groups is 2. The zero-order valence-electron chi connectivity index (χ0n) is 14.4. The standard InChI is InChI=1S/C19H26N2O3.ClH/c22-18(21-17-7-5-16(6-8-17)19(23)24)15-3-1-13(2-4-15)14-9-11-20-12-10-14;/h1-4,14,16-17,20H,5-12H2,(H,21,22)(H,23,24);1H/t16-,17-;. The zero-order chi connectivity index (χ0) is 16.9. The van der Waals surface area contributed by atoms with Gasteiger partial charge in [0.05, 0.1) is 5.92 Å². The van der Waals surface area contributed by atoms with Gasteiger partial charge in [-0.25, -0.2) is 0 Å². The summed E-state index contributed by atoms with van der Waals surface area (Å²) >= 11 is 0. The van der Waals surface area contributed by atoms with Crippen LogP contribution in [0.4, 0.5) is 0 Å². The Morgan fingerprint density at radius 3 is 2.12 bits per heavy atom. The lowest BCUT2D eigenvalue weighted by Crippen LogP contribution is -2.38. The number of carbonyl (C=O) groups excluding carboxylic acids is 1. The van der Waals surface area contributed by atoms with Crippen molar-refractivity contribution in [1.29, 1.82) is 0 Å². The van der Waals surface area contributed by atoms with Gasteiger partial charge in [-0.05, 0) is 75.2 Å². The molecule has 1 saturated carbocycles. The molecule has 3 rings (SSSR count). The Bertz CT molecular complexity index is 577. The third kappa shape index (κ3) is 5.19. The monoisotopic (exact) mass is 366 g/mol. The molecule has 0 unspecified atom stereocenters. The first kappa shape index (κ1) is 19.7. The maximum atomic E-state index is 12.4. The Kier molecular flexibility index (Phi) is 7.26. The third-order valence-corrected chi connectivity index (χ3v) is 5.40. The summed E-state index contributed by atoms with van der Waals surface area (Å²) in [4.78, 5) is 23.4. The fourth-order valence-electron chi connectivity index (χ4n) is 3.82. The Hall–Kier alpha value is -1.59. The van der Waals surface area contributed by atoms with E-state index in [2.05, 4.69) is 22.8 Å². The molecule has 0 atom stereocenters. The van der Waals surface area contributed by atoms with Crippen LogP contribution in [0.5, 0.6) is 0 Å². The summed E-state index contributed by atoms with van der Waals surface area (Å²) in [5.74, 6) is -0.420. The Morgan fingerprint density at radius 1 is 0.960 bits per heavy atom. The zero-order valence-corrected chi connectivity index (χ0v) is 15.2. The molecule has 6 heteroatoms. The van der Waals surface area contributed by atoms with Crippen molar-refractivity contribution in [2.45, 2.75) is 50.5 Å². The number of aliphatic carboxylic acids is 1. The molecule has 0 bridgehead atoms. The third-order valence-electron chi connectivity index (χ3n) is 5.40. The molecule has 0 radical (unpaired) electrons. The molecule has 1 amide bonds. The molecular formula is C19H27ClN2O3. The minimum absolute atomic E-state index is 0. The molecule has 3 N–H and O–H groups in total. The molecule has 25 heavy (non-hydrogen) atoms. The predicted molar refractivity (Wildman–Crippen MR) is 99.4 cm³/mol. The number of carboxylic acid groups (broad SMARTS) is 1. The summed E-state index contributed by atoms with van der Waals surface area (Å²) in [5.41, 5.74) is 2.00. The number of carboxylic acids is 1. The maximum absolute atomic E-state index is 12.4. The van der Waals surface area contributed by atoms with E-state index >= 15 is 0 Å². The van der Waals surface area contributed by atoms with Crippen LogP contribution in [0.25, 0.3) is 0 Å². The lowest BCUT2D eigenvalue weighted by Gasteiger charge is -2.27. The summed E-state index contributed by atoms with van der Waals surface area (Å²) in [7, 11) is 0. The highest BCUT2D eigenvalue weighted by Gasteiger charge is 2.27. The summed E-state index contributed by atoms with van der Waals surface area (Å²) in [6, 6.07) is 8.07. The van der Waals surface area contributed by atoms with Crippen molar-refractivity contribution in [3.8, 4) is 0 Å². The molecular weight excluding hydrogens is 340 g/mol. The molecule has 1 aliphatic heterocycles. The van der Waals surface area contributed by atoms with E-state index < -0.39 is 5.97 Å². The fraction of sp³-hybridized carbons (Fsp3) is 0.579. The van der Waals surface area contributed by atoms with E-state index in [0.29, 0.717) is 24.3 Å². The van der Waals surface area contributed by atoms with Crippen molar-refractivity contribution >= 4 is 24.3 Å². The average Bonchev–Trinajstić information content (AvgIpc) is 2.63. The Morgan fingerprint density at radius 2 is 1.56 bits per heavy atom. The molecule has 2 fully saturated rings. The van der Waals surface area contributed by atoms with Crippen molar-refractivity contribution in [2.75, 3.05) is 13.1 Å². The lowest BCUT2D eigenvalue weighted by atomic mass is 9.86. The number of hydrogen-bond acceptors (Lipinski definition) is 3. The molecule has 138 valence electrons. The van der Waals surface area contributed by atoms with E-state index in [1.165, 1.54) is 5.56 Å². The van der Waals surface area contributed by atoms with Gasteiger partial charge in [-0.3, -0.25) is 9.59 Å². The second-order valence-electron chi connectivity index (χ2n) is 7.01. The van der Waals surface area contributed by atoms with Crippen LogP contribution >= 0.6 is 12.4 Å².